The van der Waals surface area contributed by atoms with Gasteiger partial charge in [0.25, 0.3) is 0 Å². The van der Waals surface area contributed by atoms with Crippen LogP contribution in [0.3, 0.4) is 0 Å². The van der Waals surface area contributed by atoms with Gasteiger partial charge in [-0.25, -0.2) is 4.79 Å². The third kappa shape index (κ3) is 4.48. The average molecular weight is 335 g/mol. The molecule has 0 fully saturated rings. The average Bonchev–Trinajstić information content (AvgIpc) is 2.60. The predicted molar refractivity (Wildman–Crippen MR) is 92.9 cm³/mol. The van der Waals surface area contributed by atoms with Crippen LogP contribution < -0.4 is 11.0 Å². The van der Waals surface area contributed by atoms with Gasteiger partial charge in [-0.3, -0.25) is 9.13 Å². The van der Waals surface area contributed by atoms with Gasteiger partial charge in [0, 0.05) is 33.7 Å². The number of halogens is 2. The number of hydrogen-bond donors (Lipinski definition) is 1. The number of fused-ring (bicyclic) bond motifs is 1. The Bertz CT molecular complexity index is 634. The molecule has 0 spiro atoms. The zero-order valence-corrected chi connectivity index (χ0v) is 14.6. The molecule has 21 heavy (non-hydrogen) atoms. The Labute approximate surface area is 137 Å². The monoisotopic (exact) mass is 334 g/mol. The fraction of sp³-hybridized carbons (Fsp3) is 0.500. The fourth-order valence-corrected chi connectivity index (χ4v) is 2.20. The first kappa shape index (κ1) is 20.0. The quantitative estimate of drug-likeness (QED) is 0.840. The molecule has 0 unspecified atom stereocenters. The minimum Gasteiger partial charge on any atom is -0.311 e. The van der Waals surface area contributed by atoms with Crippen molar-refractivity contribution in [2.24, 2.45) is 14.1 Å². The van der Waals surface area contributed by atoms with Crippen LogP contribution in [0.2, 0.25) is 0 Å². The van der Waals surface area contributed by atoms with E-state index < -0.39 is 0 Å². The van der Waals surface area contributed by atoms with Gasteiger partial charge in [-0.05, 0) is 31.8 Å². The number of hydrogen-bond acceptors (Lipinski definition) is 3. The first-order chi connectivity index (χ1) is 9.00. The molecular weight excluding hydrogens is 311 g/mol. The number of aryl methyl sites for hydroxylation is 2. The molecule has 0 aliphatic carbocycles. The number of benzene rings is 1. The van der Waals surface area contributed by atoms with E-state index >= 15 is 0 Å². The van der Waals surface area contributed by atoms with Gasteiger partial charge in [0.1, 0.15) is 0 Å². The van der Waals surface area contributed by atoms with Crippen molar-refractivity contribution in [1.82, 2.24) is 19.4 Å². The summed E-state index contributed by atoms with van der Waals surface area (Å²) in [7, 11) is 7.74. The molecule has 1 aromatic carbocycles. The normalized spacial score (nSPS) is 10.5. The summed E-state index contributed by atoms with van der Waals surface area (Å²) in [6.45, 7) is 2.80. The van der Waals surface area contributed by atoms with Crippen molar-refractivity contribution in [2.75, 3.05) is 27.2 Å². The Hall–Kier alpha value is -1.01. The molecule has 0 saturated heterocycles. The van der Waals surface area contributed by atoms with Gasteiger partial charge < -0.3 is 10.2 Å². The second-order valence-electron chi connectivity index (χ2n) is 5.20. The summed E-state index contributed by atoms with van der Waals surface area (Å²) < 4.78 is 3.37. The smallest absolute Gasteiger partial charge is 0.311 e. The summed E-state index contributed by atoms with van der Waals surface area (Å²) in [6, 6.07) is 6.17. The molecule has 1 aromatic heterocycles. The van der Waals surface area contributed by atoms with Crippen LogP contribution >= 0.6 is 24.8 Å². The van der Waals surface area contributed by atoms with Crippen LogP contribution in [0.4, 0.5) is 0 Å². The van der Waals surface area contributed by atoms with Crippen LogP contribution in [0, 0.1) is 0 Å². The first-order valence-electron chi connectivity index (χ1n) is 6.50. The van der Waals surface area contributed by atoms with E-state index in [9.17, 15) is 4.79 Å². The molecule has 0 aliphatic heterocycles. The van der Waals surface area contributed by atoms with Gasteiger partial charge in [-0.2, -0.15) is 0 Å². The number of aromatic nitrogens is 2. The van der Waals surface area contributed by atoms with Gasteiger partial charge in [-0.1, -0.05) is 6.07 Å². The van der Waals surface area contributed by atoms with Crippen LogP contribution in [-0.4, -0.2) is 41.2 Å². The highest BCUT2D eigenvalue weighted by molar-refractivity contribution is 5.85. The largest absolute Gasteiger partial charge is 0.328 e. The summed E-state index contributed by atoms with van der Waals surface area (Å²) in [5.41, 5.74) is 3.18. The molecule has 0 amide bonds. The van der Waals surface area contributed by atoms with Crippen molar-refractivity contribution in [3.8, 4) is 0 Å². The Morgan fingerprint density at radius 3 is 2.33 bits per heavy atom. The molecule has 120 valence electrons. The van der Waals surface area contributed by atoms with Gasteiger partial charge >= 0.3 is 5.69 Å². The van der Waals surface area contributed by atoms with Gasteiger partial charge in [0.15, 0.2) is 0 Å². The Balaban J connectivity index is 0.00000200. The molecule has 0 atom stereocenters. The number of nitrogens with one attached hydrogen (secondary N) is 1. The SMILES string of the molecule is CN(C)CCNCc1ccc2c(c1)n(C)c(=O)n2C.Cl.Cl. The highest BCUT2D eigenvalue weighted by Crippen LogP contribution is 2.13. The highest BCUT2D eigenvalue weighted by Gasteiger charge is 2.07. The fourth-order valence-electron chi connectivity index (χ4n) is 2.20. The lowest BCUT2D eigenvalue weighted by atomic mass is 10.2. The molecule has 1 heterocycles. The van der Waals surface area contributed by atoms with Crippen LogP contribution in [0.15, 0.2) is 23.0 Å². The zero-order chi connectivity index (χ0) is 14.0. The van der Waals surface area contributed by atoms with Crippen LogP contribution in [0.1, 0.15) is 5.56 Å². The number of rotatable bonds is 5. The second kappa shape index (κ2) is 8.44. The zero-order valence-electron chi connectivity index (χ0n) is 12.9. The first-order valence-corrected chi connectivity index (χ1v) is 6.50. The molecule has 0 saturated carbocycles. The minimum absolute atomic E-state index is 0. The standard InChI is InChI=1S/C14H22N4O.2ClH/c1-16(2)8-7-15-10-11-5-6-12-13(9-11)18(4)14(19)17(12)3;;/h5-6,9,15H,7-8,10H2,1-4H3;2*1H. The van der Waals surface area contributed by atoms with Crippen LogP contribution in [0.5, 0.6) is 0 Å². The molecular formula is C14H24Cl2N4O. The maximum atomic E-state index is 11.8. The molecule has 2 aromatic rings. The van der Waals surface area contributed by atoms with Crippen molar-refractivity contribution in [3.63, 3.8) is 0 Å². The van der Waals surface area contributed by atoms with E-state index in [0.717, 1.165) is 30.7 Å². The van der Waals surface area contributed by atoms with Gasteiger partial charge in [0.05, 0.1) is 11.0 Å². The number of imidazole rings is 1. The predicted octanol–water partition coefficient (Wildman–Crippen LogP) is 1.37. The number of likely N-dealkylation sites (N-methyl/N-ethyl adjacent to an activating group) is 1. The highest BCUT2D eigenvalue weighted by atomic mass is 35.5. The Morgan fingerprint density at radius 2 is 1.71 bits per heavy atom. The van der Waals surface area contributed by atoms with Crippen molar-refractivity contribution in [2.45, 2.75) is 6.54 Å². The molecule has 7 heteroatoms. The third-order valence-corrected chi connectivity index (χ3v) is 3.40. The Morgan fingerprint density at radius 1 is 1.10 bits per heavy atom. The molecule has 2 rings (SSSR count). The molecule has 5 nitrogen and oxygen atoms in total. The summed E-state index contributed by atoms with van der Waals surface area (Å²) in [4.78, 5) is 14.0. The van der Waals surface area contributed by atoms with Gasteiger partial charge in [0.2, 0.25) is 0 Å². The lowest BCUT2D eigenvalue weighted by Crippen LogP contribution is -2.26. The minimum atomic E-state index is 0. The van der Waals surface area contributed by atoms with Crippen molar-refractivity contribution in [3.05, 3.63) is 34.2 Å². The van der Waals surface area contributed by atoms with Crippen LogP contribution in [0.25, 0.3) is 11.0 Å². The van der Waals surface area contributed by atoms with E-state index in [2.05, 4.69) is 36.4 Å². The molecule has 1 N–H and O–H groups in total. The van der Waals surface area contributed by atoms with E-state index in [4.69, 9.17) is 0 Å². The lowest BCUT2D eigenvalue weighted by Gasteiger charge is -2.10. The van der Waals surface area contributed by atoms with E-state index in [0.29, 0.717) is 0 Å². The summed E-state index contributed by atoms with van der Waals surface area (Å²) in [6.07, 6.45) is 0. The summed E-state index contributed by atoms with van der Waals surface area (Å²) >= 11 is 0. The second-order valence-corrected chi connectivity index (χ2v) is 5.20. The van der Waals surface area contributed by atoms with E-state index in [-0.39, 0.29) is 30.5 Å². The van der Waals surface area contributed by atoms with E-state index in [1.54, 1.807) is 16.2 Å². The molecule has 0 radical (unpaired) electrons. The maximum absolute atomic E-state index is 11.8. The van der Waals surface area contributed by atoms with E-state index in [1.165, 1.54) is 5.56 Å². The maximum Gasteiger partial charge on any atom is 0.328 e. The third-order valence-electron chi connectivity index (χ3n) is 3.40. The van der Waals surface area contributed by atoms with Crippen LogP contribution in [-0.2, 0) is 20.6 Å². The lowest BCUT2D eigenvalue weighted by molar-refractivity contribution is 0.400. The van der Waals surface area contributed by atoms with Gasteiger partial charge in [-0.15, -0.1) is 24.8 Å². The topological polar surface area (TPSA) is 42.2 Å². The summed E-state index contributed by atoms with van der Waals surface area (Å²) in [5, 5.41) is 3.40. The Kier molecular flexibility index (Phi) is 8.03. The molecule has 0 aliphatic rings. The van der Waals surface area contributed by atoms with E-state index in [1.807, 2.05) is 13.1 Å². The van der Waals surface area contributed by atoms with Crippen molar-refractivity contribution < 1.29 is 0 Å². The molecule has 0 bridgehead atoms. The summed E-state index contributed by atoms with van der Waals surface area (Å²) in [5.74, 6) is 0. The van der Waals surface area contributed by atoms with Crippen molar-refractivity contribution in [1.29, 1.82) is 0 Å². The van der Waals surface area contributed by atoms with Crippen molar-refractivity contribution >= 4 is 35.8 Å². The number of nitrogens with zero attached hydrogens (tertiary/aromatic N) is 3.